The molecule has 51 heavy (non-hydrogen) atoms. The van der Waals surface area contributed by atoms with Gasteiger partial charge in [0, 0.05) is 12.6 Å². The van der Waals surface area contributed by atoms with E-state index in [4.69, 9.17) is 21.7 Å². The van der Waals surface area contributed by atoms with E-state index in [-0.39, 0.29) is 43.7 Å². The maximum Gasteiger partial charge on any atom is 0.323 e. The van der Waals surface area contributed by atoms with Crippen LogP contribution in [-0.2, 0) is 47.1 Å². The van der Waals surface area contributed by atoms with E-state index in [2.05, 4.69) is 0 Å². The molecule has 0 atom stereocenters. The minimum atomic E-state index is -4.26. The van der Waals surface area contributed by atoms with Crippen LogP contribution in [0.1, 0.15) is 19.8 Å². The lowest BCUT2D eigenvalue weighted by Crippen LogP contribution is -2.35. The quantitative estimate of drug-likeness (QED) is 0.134. The van der Waals surface area contributed by atoms with Gasteiger partial charge in [0.15, 0.2) is 5.75 Å². The van der Waals surface area contributed by atoms with Crippen molar-refractivity contribution < 1.29 is 56.9 Å². The van der Waals surface area contributed by atoms with Gasteiger partial charge in [-0.1, -0.05) is 19.1 Å². The molecule has 0 saturated carbocycles. The molecule has 4 N–H and O–H groups in total. The van der Waals surface area contributed by atoms with Crippen molar-refractivity contribution in [1.29, 1.82) is 0 Å². The van der Waals surface area contributed by atoms with Crippen LogP contribution in [0.25, 0.3) is 11.3 Å². The van der Waals surface area contributed by atoms with Gasteiger partial charge in [-0.2, -0.15) is 8.42 Å². The van der Waals surface area contributed by atoms with Crippen LogP contribution in [0.2, 0.25) is 0 Å². The highest BCUT2D eigenvalue weighted by molar-refractivity contribution is 7.85. The number of carbonyl (C=O) groups excluding carboxylic acids is 1. The van der Waals surface area contributed by atoms with E-state index in [9.17, 15) is 57.1 Å². The van der Waals surface area contributed by atoms with Crippen LogP contribution >= 0.6 is 34.9 Å². The number of rotatable bonds is 12. The Morgan fingerprint density at radius 3 is 2.12 bits per heavy atom. The lowest BCUT2D eigenvalue weighted by atomic mass is 10.2. The second-order valence-electron chi connectivity index (χ2n) is 10.7. The summed E-state index contributed by atoms with van der Waals surface area (Å²) in [5.74, 6) is -5.97. The molecule has 4 heterocycles. The number of nitrogens with zero attached hydrogens (tertiary/aromatic N) is 4. The van der Waals surface area contributed by atoms with E-state index >= 15 is 0 Å². The average Bonchev–Trinajstić information content (AvgIpc) is 3.73. The summed E-state index contributed by atoms with van der Waals surface area (Å²) in [5.41, 5.74) is -0.906. The van der Waals surface area contributed by atoms with E-state index in [1.807, 2.05) is 0 Å². The zero-order chi connectivity index (χ0) is 37.4. The number of aliphatic carboxylic acids is 3. The number of aromatic nitrogens is 2. The molecular formula is C29H26N4O14S4. The highest BCUT2D eigenvalue weighted by atomic mass is 32.2. The lowest BCUT2D eigenvalue weighted by molar-refractivity contribution is -0.140. The SMILES string of the molecule is CC/C(C=C1Oc2ccccc2N1CCCS(=O)(=O)O)=c1\s/c(=c2/s/c(=C3/OC(=S)N(CC(=O)O)C3=O)n(CC(=O)O)c2=O)n(CC(=O)O)c1=O. The van der Waals surface area contributed by atoms with Crippen molar-refractivity contribution in [3.63, 3.8) is 0 Å². The number of thiocarbonyl (C=S) groups is 1. The van der Waals surface area contributed by atoms with Crippen molar-refractivity contribution in [2.24, 2.45) is 0 Å². The molecule has 22 heteroatoms. The highest BCUT2D eigenvalue weighted by Crippen LogP contribution is 2.39. The minimum Gasteiger partial charge on any atom is -0.480 e. The van der Waals surface area contributed by atoms with Crippen molar-refractivity contribution in [2.45, 2.75) is 32.9 Å². The molecule has 5 rings (SSSR count). The Hall–Kier alpha value is -5.16. The first-order chi connectivity index (χ1) is 24.0. The Morgan fingerprint density at radius 2 is 1.51 bits per heavy atom. The third kappa shape index (κ3) is 7.78. The van der Waals surface area contributed by atoms with E-state index in [1.165, 1.54) is 6.08 Å². The number of anilines is 1. The maximum atomic E-state index is 13.9. The number of thiazole rings is 2. The molecule has 2 aromatic heterocycles. The number of allylic oxidation sites excluding steroid dienone is 1. The Kier molecular flexibility index (Phi) is 10.6. The molecule has 1 aromatic carbocycles. The summed E-state index contributed by atoms with van der Waals surface area (Å²) < 4.78 is 43.9. The number of benzene rings is 1. The van der Waals surface area contributed by atoms with Crippen LogP contribution in [0.3, 0.4) is 0 Å². The molecule has 1 fully saturated rings. The Morgan fingerprint density at radius 1 is 0.882 bits per heavy atom. The van der Waals surface area contributed by atoms with Crippen LogP contribution < -0.4 is 30.0 Å². The first-order valence-corrected chi connectivity index (χ1v) is 18.3. The van der Waals surface area contributed by atoms with Gasteiger partial charge in [-0.25, -0.2) is 0 Å². The number of fused-ring (bicyclic) bond motifs is 1. The maximum absolute atomic E-state index is 13.9. The number of amides is 1. The van der Waals surface area contributed by atoms with Crippen LogP contribution in [0, 0.1) is 9.20 Å². The fourth-order valence-electron chi connectivity index (χ4n) is 5.13. The Bertz CT molecular complexity index is 2490. The summed E-state index contributed by atoms with van der Waals surface area (Å²) in [6.45, 7) is -0.983. The molecule has 0 spiro atoms. The number of carbonyl (C=O) groups is 4. The lowest BCUT2D eigenvalue weighted by Gasteiger charge is -2.18. The number of hydrogen-bond acceptors (Lipinski definition) is 14. The molecule has 0 bridgehead atoms. The van der Waals surface area contributed by atoms with Gasteiger partial charge in [0.25, 0.3) is 26.4 Å². The second-order valence-corrected chi connectivity index (χ2v) is 14.7. The van der Waals surface area contributed by atoms with Crippen LogP contribution in [-0.4, -0.2) is 90.2 Å². The predicted molar refractivity (Wildman–Crippen MR) is 183 cm³/mol. The summed E-state index contributed by atoms with van der Waals surface area (Å²) in [7, 11) is -4.26. The predicted octanol–water partition coefficient (Wildman–Crippen LogP) is -0.495. The zero-order valence-electron chi connectivity index (χ0n) is 26.1. The number of ether oxygens (including phenoxy) is 2. The molecule has 0 radical (unpaired) electrons. The van der Waals surface area contributed by atoms with Gasteiger partial charge in [0.1, 0.15) is 33.5 Å². The highest BCUT2D eigenvalue weighted by Gasteiger charge is 2.37. The van der Waals surface area contributed by atoms with E-state index < -0.39 is 81.4 Å². The van der Waals surface area contributed by atoms with Crippen molar-refractivity contribution >= 4 is 91.0 Å². The van der Waals surface area contributed by atoms with Gasteiger partial charge in [0.2, 0.25) is 11.6 Å². The molecule has 1 amide bonds. The van der Waals surface area contributed by atoms with Crippen molar-refractivity contribution in [3.8, 4) is 5.75 Å². The molecule has 2 aliphatic heterocycles. The zero-order valence-corrected chi connectivity index (χ0v) is 29.4. The summed E-state index contributed by atoms with van der Waals surface area (Å²) in [6, 6.07) is 6.83. The monoisotopic (exact) mass is 782 g/mol. The first-order valence-electron chi connectivity index (χ1n) is 14.6. The number of para-hydroxylation sites is 2. The fourth-order valence-corrected chi connectivity index (χ4v) is 8.33. The van der Waals surface area contributed by atoms with Crippen molar-refractivity contribution in [1.82, 2.24) is 14.0 Å². The van der Waals surface area contributed by atoms with Gasteiger partial charge < -0.3 is 29.7 Å². The number of hydrogen-bond donors (Lipinski definition) is 4. The Labute approximate surface area is 298 Å². The van der Waals surface area contributed by atoms with Crippen molar-refractivity contribution in [2.75, 3.05) is 23.7 Å². The molecule has 0 aliphatic carbocycles. The smallest absolute Gasteiger partial charge is 0.323 e. The standard InChI is InChI=1S/C29H26N4O14S4/c1-2-14(10-17-30(8-5-9-51(43,44)45)15-6-3-4-7-16(15)46-17)22-25(41)32(12-19(36)37)28(49-22)23-26(42)31(11-18(34)35)27(50-23)21-24(40)33(13-20(38)39)29(48)47-21/h3-4,6-7,10H,2,5,8-9,11-13H2,1H3,(H,34,35)(H,36,37)(H,38,39)(H,43,44,45)/b17-10?,22-14+,27-21+,28-23+. The van der Waals surface area contributed by atoms with Gasteiger partial charge in [-0.15, -0.1) is 22.7 Å². The third-order valence-electron chi connectivity index (χ3n) is 7.28. The number of carboxylic acids is 3. The summed E-state index contributed by atoms with van der Waals surface area (Å²) >= 11 is 6.23. The molecule has 1 saturated heterocycles. The van der Waals surface area contributed by atoms with Gasteiger partial charge >= 0.3 is 23.8 Å². The van der Waals surface area contributed by atoms with Crippen LogP contribution in [0.4, 0.5) is 5.69 Å². The van der Waals surface area contributed by atoms with E-state index in [0.717, 1.165) is 15.9 Å². The molecule has 3 aromatic rings. The summed E-state index contributed by atoms with van der Waals surface area (Å²) in [5, 5.41) is 27.9. The van der Waals surface area contributed by atoms with Gasteiger partial charge in [0.05, 0.1) is 16.0 Å². The molecule has 2 aliphatic rings. The van der Waals surface area contributed by atoms with Gasteiger partial charge in [-0.05, 0) is 42.8 Å². The number of carboxylic acid groups (broad SMARTS) is 3. The van der Waals surface area contributed by atoms with E-state index in [0.29, 0.717) is 37.8 Å². The second kappa shape index (κ2) is 14.6. The third-order valence-corrected chi connectivity index (χ3v) is 10.9. The normalized spacial score (nSPS) is 17.4. The summed E-state index contributed by atoms with van der Waals surface area (Å²) in [4.78, 5) is 78.0. The van der Waals surface area contributed by atoms with E-state index in [1.54, 1.807) is 36.1 Å². The molecule has 0 unspecified atom stereocenters. The van der Waals surface area contributed by atoms with Crippen LogP contribution in [0.5, 0.6) is 5.75 Å². The fraction of sp³-hybridized carbons (Fsp3) is 0.276. The molecular weight excluding hydrogens is 757 g/mol. The molecule has 18 nitrogen and oxygen atoms in total. The topological polar surface area (TPSA) is 252 Å². The van der Waals surface area contributed by atoms with Crippen molar-refractivity contribution in [3.05, 3.63) is 75.3 Å². The Balaban J connectivity index is 1.79. The largest absolute Gasteiger partial charge is 0.480 e. The van der Waals surface area contributed by atoms with Gasteiger partial charge in [-0.3, -0.25) is 47.4 Å². The van der Waals surface area contributed by atoms with Crippen LogP contribution in [0.15, 0.2) is 45.8 Å². The average molecular weight is 783 g/mol. The summed E-state index contributed by atoms with van der Waals surface area (Å²) in [6.07, 6.45) is 1.70. The molecule has 270 valence electrons. The minimum absolute atomic E-state index is 0.00696. The first kappa shape index (κ1) is 37.1.